The van der Waals surface area contributed by atoms with Crippen molar-refractivity contribution >= 4 is 15.0 Å². The van der Waals surface area contributed by atoms with Crippen molar-refractivity contribution in [3.8, 4) is 11.5 Å². The molecule has 0 saturated carbocycles. The van der Waals surface area contributed by atoms with Gasteiger partial charge in [-0.1, -0.05) is 13.0 Å². The molecule has 1 aromatic carbocycles. The van der Waals surface area contributed by atoms with Crippen molar-refractivity contribution in [1.82, 2.24) is 0 Å². The van der Waals surface area contributed by atoms with Crippen molar-refractivity contribution in [1.29, 1.82) is 0 Å². The number of rotatable bonds is 5. The summed E-state index contributed by atoms with van der Waals surface area (Å²) in [6, 6.07) is 5.35. The number of benzene rings is 1. The molecule has 0 aliphatic heterocycles. The number of carbonyl (C=O) groups excluding carboxylic acids is 1. The summed E-state index contributed by atoms with van der Waals surface area (Å²) in [5.41, 5.74) is 0.511. The standard InChI is InChI=1S/C13H19O3P.Li.H/c1-5-13(2,17)12(14)11-9(15-3)7-6-8-10(11)16-4;;/h6-8H,5,17H2,1-4H3;;/q;+1;-1. The maximum absolute atomic E-state index is 12.5. The Bertz CT molecular complexity index is 402. The fourth-order valence-corrected chi connectivity index (χ4v) is 1.67. The van der Waals surface area contributed by atoms with Gasteiger partial charge in [0.15, 0.2) is 5.78 Å². The van der Waals surface area contributed by atoms with Crippen LogP contribution in [0.15, 0.2) is 18.2 Å². The molecule has 0 amide bonds. The van der Waals surface area contributed by atoms with Crippen molar-refractivity contribution in [3.63, 3.8) is 0 Å². The number of Topliss-reactive ketones (excluding diaryl/α,β-unsaturated/α-hetero) is 1. The Morgan fingerprint density at radius 2 is 1.78 bits per heavy atom. The van der Waals surface area contributed by atoms with Crippen LogP contribution in [0.4, 0.5) is 0 Å². The predicted molar refractivity (Wildman–Crippen MR) is 73.4 cm³/mol. The van der Waals surface area contributed by atoms with Crippen LogP contribution in [0, 0.1) is 0 Å². The number of ketones is 1. The molecule has 3 nitrogen and oxygen atoms in total. The molecule has 2 unspecified atom stereocenters. The van der Waals surface area contributed by atoms with E-state index in [1.807, 2.05) is 13.8 Å². The van der Waals surface area contributed by atoms with E-state index in [-0.39, 0.29) is 26.1 Å². The second kappa shape index (κ2) is 7.19. The van der Waals surface area contributed by atoms with Crippen LogP contribution in [-0.4, -0.2) is 25.2 Å². The van der Waals surface area contributed by atoms with Gasteiger partial charge in [-0.25, -0.2) is 0 Å². The van der Waals surface area contributed by atoms with E-state index < -0.39 is 5.16 Å². The Kier molecular flexibility index (Phi) is 7.00. The van der Waals surface area contributed by atoms with Gasteiger partial charge in [-0.2, -0.15) is 0 Å². The van der Waals surface area contributed by atoms with Crippen molar-refractivity contribution in [2.75, 3.05) is 14.2 Å². The minimum Gasteiger partial charge on any atom is -1.00 e. The Hall–Kier alpha value is -0.483. The van der Waals surface area contributed by atoms with Crippen LogP contribution in [0.25, 0.3) is 0 Å². The average Bonchev–Trinajstić information content (AvgIpc) is 2.36. The van der Waals surface area contributed by atoms with E-state index >= 15 is 0 Å². The Balaban J connectivity index is 0. The second-order valence-corrected chi connectivity index (χ2v) is 5.41. The van der Waals surface area contributed by atoms with E-state index in [9.17, 15) is 4.79 Å². The third kappa shape index (κ3) is 3.51. The van der Waals surface area contributed by atoms with E-state index in [1.54, 1.807) is 32.4 Å². The Labute approximate surface area is 124 Å². The molecule has 0 fully saturated rings. The number of methoxy groups -OCH3 is 2. The van der Waals surface area contributed by atoms with Crippen LogP contribution >= 0.6 is 9.24 Å². The topological polar surface area (TPSA) is 35.5 Å². The van der Waals surface area contributed by atoms with Gasteiger partial charge < -0.3 is 10.9 Å². The molecule has 0 saturated heterocycles. The third-order valence-corrected chi connectivity index (χ3v) is 3.58. The van der Waals surface area contributed by atoms with Gasteiger partial charge in [-0.15, -0.1) is 9.24 Å². The van der Waals surface area contributed by atoms with Crippen molar-refractivity contribution in [2.45, 2.75) is 25.4 Å². The number of hydrogen-bond donors (Lipinski definition) is 0. The summed E-state index contributed by atoms with van der Waals surface area (Å²) in [5.74, 6) is 1.12. The normalized spacial score (nSPS) is 13.2. The van der Waals surface area contributed by atoms with Gasteiger partial charge in [-0.3, -0.25) is 4.79 Å². The molecule has 96 valence electrons. The van der Waals surface area contributed by atoms with Crippen LogP contribution < -0.4 is 28.3 Å². The van der Waals surface area contributed by atoms with E-state index in [0.717, 1.165) is 6.42 Å². The summed E-state index contributed by atoms with van der Waals surface area (Å²) in [6.07, 6.45) is 0.734. The average molecular weight is 262 g/mol. The minimum atomic E-state index is -0.498. The first-order valence-electron chi connectivity index (χ1n) is 5.52. The summed E-state index contributed by atoms with van der Waals surface area (Å²) in [6.45, 7) is 3.87. The summed E-state index contributed by atoms with van der Waals surface area (Å²) < 4.78 is 10.5. The molecule has 0 aliphatic carbocycles. The van der Waals surface area contributed by atoms with Crippen molar-refractivity contribution in [3.05, 3.63) is 23.8 Å². The molecule has 1 aromatic rings. The molecule has 0 radical (unpaired) electrons. The molecule has 0 aromatic heterocycles. The van der Waals surface area contributed by atoms with Crippen LogP contribution in [0.3, 0.4) is 0 Å². The van der Waals surface area contributed by atoms with Crippen LogP contribution in [0.1, 0.15) is 32.1 Å². The second-order valence-electron chi connectivity index (χ2n) is 4.14. The quantitative estimate of drug-likeness (QED) is 0.427. The minimum absolute atomic E-state index is 0. The first kappa shape index (κ1) is 17.5. The van der Waals surface area contributed by atoms with Crippen LogP contribution in [0.5, 0.6) is 11.5 Å². The fraction of sp³-hybridized carbons (Fsp3) is 0.462. The zero-order valence-electron chi connectivity index (χ0n) is 12.7. The van der Waals surface area contributed by atoms with Gasteiger partial charge in [-0.05, 0) is 25.5 Å². The first-order valence-corrected chi connectivity index (χ1v) is 6.10. The van der Waals surface area contributed by atoms with Crippen molar-refractivity contribution in [2.24, 2.45) is 0 Å². The Morgan fingerprint density at radius 3 is 2.11 bits per heavy atom. The van der Waals surface area contributed by atoms with E-state index in [0.29, 0.717) is 17.1 Å². The maximum Gasteiger partial charge on any atom is 1.00 e. The zero-order valence-corrected chi connectivity index (χ0v) is 12.9. The third-order valence-electron chi connectivity index (χ3n) is 2.91. The number of carbonyl (C=O) groups is 1. The maximum atomic E-state index is 12.5. The first-order chi connectivity index (χ1) is 7.97. The molecule has 1 rings (SSSR count). The summed E-state index contributed by atoms with van der Waals surface area (Å²) in [4.78, 5) is 12.5. The van der Waals surface area contributed by atoms with Gasteiger partial charge in [0, 0.05) is 5.16 Å². The van der Waals surface area contributed by atoms with Crippen LogP contribution in [-0.2, 0) is 0 Å². The molecule has 0 N–H and O–H groups in total. The predicted octanol–water partition coefficient (Wildman–Crippen LogP) is 0.0468. The van der Waals surface area contributed by atoms with E-state index in [4.69, 9.17) is 9.47 Å². The molecule has 0 bridgehead atoms. The summed E-state index contributed by atoms with van der Waals surface area (Å²) in [5, 5.41) is -0.498. The number of ether oxygens (including phenoxy) is 2. The SMILES string of the molecule is CCC(C)(P)C(=O)c1c(OC)cccc1OC.[H-].[Li+]. The Morgan fingerprint density at radius 1 is 1.33 bits per heavy atom. The summed E-state index contributed by atoms with van der Waals surface area (Å²) in [7, 11) is 5.71. The van der Waals surface area contributed by atoms with Gasteiger partial charge in [0.25, 0.3) is 0 Å². The smallest absolute Gasteiger partial charge is 1.00 e. The molecule has 0 spiro atoms. The number of hydrogen-bond acceptors (Lipinski definition) is 3. The van der Waals surface area contributed by atoms with E-state index in [2.05, 4.69) is 9.24 Å². The molecular formula is C13H20LiO3P. The van der Waals surface area contributed by atoms with Gasteiger partial charge >= 0.3 is 18.9 Å². The van der Waals surface area contributed by atoms with Crippen molar-refractivity contribution < 1.29 is 34.6 Å². The molecule has 2 atom stereocenters. The van der Waals surface area contributed by atoms with E-state index in [1.165, 1.54) is 0 Å². The largest absolute Gasteiger partial charge is 1.00 e. The van der Waals surface area contributed by atoms with Crippen LogP contribution in [0.2, 0.25) is 0 Å². The molecule has 5 heteroatoms. The van der Waals surface area contributed by atoms with Gasteiger partial charge in [0.05, 0.1) is 14.2 Å². The fourth-order valence-electron chi connectivity index (χ4n) is 1.52. The molecule has 0 aliphatic rings. The monoisotopic (exact) mass is 262 g/mol. The molecular weight excluding hydrogens is 242 g/mol. The summed E-state index contributed by atoms with van der Waals surface area (Å²) >= 11 is 0. The zero-order chi connectivity index (χ0) is 13.1. The molecule has 18 heavy (non-hydrogen) atoms. The molecule has 0 heterocycles. The van der Waals surface area contributed by atoms with Gasteiger partial charge in [0.2, 0.25) is 0 Å². The van der Waals surface area contributed by atoms with Gasteiger partial charge in [0.1, 0.15) is 17.1 Å².